The Morgan fingerprint density at radius 1 is 1.10 bits per heavy atom. The van der Waals surface area contributed by atoms with Gasteiger partial charge in [0.1, 0.15) is 12.6 Å². The number of hydrogen-bond acceptors (Lipinski definition) is 4. The summed E-state index contributed by atoms with van der Waals surface area (Å²) in [5.74, 6) is -0.860. The fourth-order valence-corrected chi connectivity index (χ4v) is 3.89. The molecule has 0 bridgehead atoms. The SMILES string of the molecule is CNC(=O)[C@@H](C)N(Cc1cccc(Cl)c1)C(=O)CN(c1ccccc1)S(C)(=O)=O. The maximum atomic E-state index is 13.1. The second kappa shape index (κ2) is 9.76. The minimum absolute atomic E-state index is 0.111. The van der Waals surface area contributed by atoms with E-state index in [4.69, 9.17) is 11.6 Å². The van der Waals surface area contributed by atoms with Gasteiger partial charge in [0.2, 0.25) is 21.8 Å². The van der Waals surface area contributed by atoms with Crippen molar-refractivity contribution in [2.45, 2.75) is 19.5 Å². The van der Waals surface area contributed by atoms with Crippen LogP contribution in [0.2, 0.25) is 5.02 Å². The van der Waals surface area contributed by atoms with Gasteiger partial charge in [-0.2, -0.15) is 0 Å². The lowest BCUT2D eigenvalue weighted by atomic mass is 10.1. The molecular formula is C20H24ClN3O4S. The van der Waals surface area contributed by atoms with Crippen LogP contribution < -0.4 is 9.62 Å². The van der Waals surface area contributed by atoms with Crippen molar-refractivity contribution in [1.82, 2.24) is 10.2 Å². The number of carbonyl (C=O) groups excluding carboxylic acids is 2. The van der Waals surface area contributed by atoms with E-state index < -0.39 is 28.5 Å². The van der Waals surface area contributed by atoms with Crippen molar-refractivity contribution < 1.29 is 18.0 Å². The molecule has 0 radical (unpaired) electrons. The highest BCUT2D eigenvalue weighted by Crippen LogP contribution is 2.19. The average molecular weight is 438 g/mol. The van der Waals surface area contributed by atoms with Gasteiger partial charge in [-0.15, -0.1) is 0 Å². The molecule has 156 valence electrons. The number of benzene rings is 2. The largest absolute Gasteiger partial charge is 0.357 e. The van der Waals surface area contributed by atoms with E-state index in [9.17, 15) is 18.0 Å². The second-order valence-electron chi connectivity index (χ2n) is 6.55. The number of carbonyl (C=O) groups is 2. The Balaban J connectivity index is 2.35. The number of likely N-dealkylation sites (N-methyl/N-ethyl adjacent to an activating group) is 1. The molecule has 7 nitrogen and oxygen atoms in total. The summed E-state index contributed by atoms with van der Waals surface area (Å²) in [5.41, 5.74) is 1.10. The van der Waals surface area contributed by atoms with Crippen molar-refractivity contribution in [2.75, 3.05) is 24.2 Å². The van der Waals surface area contributed by atoms with E-state index >= 15 is 0 Å². The van der Waals surface area contributed by atoms with E-state index in [-0.39, 0.29) is 12.5 Å². The van der Waals surface area contributed by atoms with Crippen LogP contribution in [-0.2, 0) is 26.2 Å². The summed E-state index contributed by atoms with van der Waals surface area (Å²) in [5, 5.41) is 3.03. The van der Waals surface area contributed by atoms with Crippen molar-refractivity contribution in [3.63, 3.8) is 0 Å². The van der Waals surface area contributed by atoms with Gasteiger partial charge in [-0.05, 0) is 36.8 Å². The van der Waals surface area contributed by atoms with Crippen LogP contribution in [0, 0.1) is 0 Å². The third-order valence-electron chi connectivity index (χ3n) is 4.38. The summed E-state index contributed by atoms with van der Waals surface area (Å²) in [6, 6.07) is 14.5. The number of anilines is 1. The molecule has 0 unspecified atom stereocenters. The molecule has 29 heavy (non-hydrogen) atoms. The molecule has 2 aromatic rings. The minimum atomic E-state index is -3.71. The molecule has 9 heteroatoms. The maximum Gasteiger partial charge on any atom is 0.244 e. The topological polar surface area (TPSA) is 86.8 Å². The Kier molecular flexibility index (Phi) is 7.64. The summed E-state index contributed by atoms with van der Waals surface area (Å²) in [4.78, 5) is 26.7. The van der Waals surface area contributed by atoms with Crippen LogP contribution in [0.15, 0.2) is 54.6 Å². The number of nitrogens with zero attached hydrogens (tertiary/aromatic N) is 2. The van der Waals surface area contributed by atoms with Crippen molar-refractivity contribution in [2.24, 2.45) is 0 Å². The molecule has 0 heterocycles. The molecule has 2 amide bonds. The van der Waals surface area contributed by atoms with Crippen LogP contribution in [0.3, 0.4) is 0 Å². The zero-order valence-electron chi connectivity index (χ0n) is 16.5. The Hall–Kier alpha value is -2.58. The lowest BCUT2D eigenvalue weighted by Gasteiger charge is -2.31. The highest BCUT2D eigenvalue weighted by atomic mass is 35.5. The number of nitrogens with one attached hydrogen (secondary N) is 1. The molecule has 1 atom stereocenters. The molecule has 0 aliphatic carbocycles. The molecule has 0 saturated heterocycles. The normalized spacial score (nSPS) is 12.1. The van der Waals surface area contributed by atoms with E-state index in [1.54, 1.807) is 61.5 Å². The highest BCUT2D eigenvalue weighted by Gasteiger charge is 2.29. The Morgan fingerprint density at radius 2 is 1.76 bits per heavy atom. The predicted octanol–water partition coefficient (Wildman–Crippen LogP) is 2.27. The van der Waals surface area contributed by atoms with Gasteiger partial charge in [-0.1, -0.05) is 41.9 Å². The molecule has 2 aromatic carbocycles. The number of amides is 2. The van der Waals surface area contributed by atoms with Gasteiger partial charge in [0, 0.05) is 18.6 Å². The zero-order valence-corrected chi connectivity index (χ0v) is 18.1. The molecular weight excluding hydrogens is 414 g/mol. The number of para-hydroxylation sites is 1. The first-order chi connectivity index (χ1) is 13.6. The first-order valence-electron chi connectivity index (χ1n) is 8.91. The van der Waals surface area contributed by atoms with Gasteiger partial charge in [0.25, 0.3) is 0 Å². The summed E-state index contributed by atoms with van der Waals surface area (Å²) in [7, 11) is -2.23. The zero-order chi connectivity index (χ0) is 21.6. The van der Waals surface area contributed by atoms with Crippen LogP contribution in [0.25, 0.3) is 0 Å². The molecule has 0 aliphatic heterocycles. The Bertz CT molecular complexity index is 967. The van der Waals surface area contributed by atoms with E-state index in [0.717, 1.165) is 16.1 Å². The third-order valence-corrected chi connectivity index (χ3v) is 5.75. The molecule has 0 saturated carbocycles. The summed E-state index contributed by atoms with van der Waals surface area (Å²) in [6.07, 6.45) is 1.04. The first-order valence-corrected chi connectivity index (χ1v) is 11.1. The Labute approximate surface area is 176 Å². The molecule has 1 N–H and O–H groups in total. The molecule has 2 rings (SSSR count). The van der Waals surface area contributed by atoms with Gasteiger partial charge in [0.15, 0.2) is 0 Å². The molecule has 0 spiro atoms. The fourth-order valence-electron chi connectivity index (χ4n) is 2.83. The quantitative estimate of drug-likeness (QED) is 0.686. The number of hydrogen-bond donors (Lipinski definition) is 1. The van der Waals surface area contributed by atoms with E-state index in [1.807, 2.05) is 0 Å². The number of halogens is 1. The number of sulfonamides is 1. The van der Waals surface area contributed by atoms with E-state index in [0.29, 0.717) is 10.7 Å². The average Bonchev–Trinajstić information content (AvgIpc) is 2.68. The molecule has 0 aromatic heterocycles. The molecule has 0 aliphatic rings. The second-order valence-corrected chi connectivity index (χ2v) is 8.89. The lowest BCUT2D eigenvalue weighted by Crippen LogP contribution is -2.50. The minimum Gasteiger partial charge on any atom is -0.357 e. The van der Waals surface area contributed by atoms with Crippen LogP contribution >= 0.6 is 11.6 Å². The van der Waals surface area contributed by atoms with Crippen LogP contribution in [0.5, 0.6) is 0 Å². The lowest BCUT2D eigenvalue weighted by molar-refractivity contribution is -0.139. The van der Waals surface area contributed by atoms with Gasteiger partial charge >= 0.3 is 0 Å². The summed E-state index contributed by atoms with van der Waals surface area (Å²) < 4.78 is 25.6. The third kappa shape index (κ3) is 6.20. The monoisotopic (exact) mass is 437 g/mol. The smallest absolute Gasteiger partial charge is 0.244 e. The maximum absolute atomic E-state index is 13.1. The van der Waals surface area contributed by atoms with Crippen molar-refractivity contribution >= 4 is 39.1 Å². The Morgan fingerprint density at radius 3 is 2.31 bits per heavy atom. The van der Waals surface area contributed by atoms with Gasteiger partial charge in [-0.25, -0.2) is 8.42 Å². The van der Waals surface area contributed by atoms with Crippen molar-refractivity contribution in [3.05, 3.63) is 65.2 Å². The number of rotatable bonds is 8. The first kappa shape index (κ1) is 22.7. The van der Waals surface area contributed by atoms with Crippen molar-refractivity contribution in [3.8, 4) is 0 Å². The van der Waals surface area contributed by atoms with Gasteiger partial charge < -0.3 is 10.2 Å². The van der Waals surface area contributed by atoms with Crippen LogP contribution in [0.1, 0.15) is 12.5 Å². The fraction of sp³-hybridized carbons (Fsp3) is 0.300. The van der Waals surface area contributed by atoms with Gasteiger partial charge in [-0.3, -0.25) is 13.9 Å². The highest BCUT2D eigenvalue weighted by molar-refractivity contribution is 7.92. The van der Waals surface area contributed by atoms with Crippen LogP contribution in [0.4, 0.5) is 5.69 Å². The van der Waals surface area contributed by atoms with E-state index in [1.165, 1.54) is 11.9 Å². The van der Waals surface area contributed by atoms with E-state index in [2.05, 4.69) is 5.32 Å². The van der Waals surface area contributed by atoms with Crippen molar-refractivity contribution in [1.29, 1.82) is 0 Å². The standard InChI is InChI=1S/C20H24ClN3O4S/c1-15(20(26)22-2)23(13-16-8-7-9-17(21)12-16)19(25)14-24(29(3,27)28)18-10-5-4-6-11-18/h4-12,15H,13-14H2,1-3H3,(H,22,26)/t15-/m1/s1. The predicted molar refractivity (Wildman–Crippen MR) is 114 cm³/mol. The molecule has 0 fully saturated rings. The summed E-state index contributed by atoms with van der Waals surface area (Å²) >= 11 is 6.03. The van der Waals surface area contributed by atoms with Crippen LogP contribution in [-0.4, -0.2) is 51.0 Å². The van der Waals surface area contributed by atoms with Gasteiger partial charge in [0.05, 0.1) is 11.9 Å². The summed E-state index contributed by atoms with van der Waals surface area (Å²) in [6.45, 7) is 1.28.